The van der Waals surface area contributed by atoms with Gasteiger partial charge in [-0.05, 0) is 31.0 Å². The summed E-state index contributed by atoms with van der Waals surface area (Å²) in [5.74, 6) is -2.07. The first-order valence-corrected chi connectivity index (χ1v) is 8.28. The van der Waals surface area contributed by atoms with Crippen LogP contribution in [0.2, 0.25) is 5.02 Å². The lowest BCUT2D eigenvalue weighted by Crippen LogP contribution is -2.35. The van der Waals surface area contributed by atoms with Crippen molar-refractivity contribution in [2.45, 2.75) is 19.1 Å². The molecule has 8 heteroatoms. The summed E-state index contributed by atoms with van der Waals surface area (Å²) in [5.41, 5.74) is -0.793. The van der Waals surface area contributed by atoms with Crippen LogP contribution in [0.1, 0.15) is 18.9 Å². The summed E-state index contributed by atoms with van der Waals surface area (Å²) in [5, 5.41) is 9.05. The number of carboxylic acids is 1. The number of benzene rings is 1. The Hall–Kier alpha value is -1.18. The van der Waals surface area contributed by atoms with Gasteiger partial charge in [-0.15, -0.1) is 0 Å². The van der Waals surface area contributed by atoms with Crippen LogP contribution in [0.25, 0.3) is 0 Å². The Morgan fingerprint density at radius 3 is 2.71 bits per heavy atom. The Morgan fingerprint density at radius 2 is 2.19 bits per heavy atom. The van der Waals surface area contributed by atoms with E-state index in [2.05, 4.69) is 0 Å². The minimum atomic E-state index is -3.69. The molecular formula is C13H15ClFNO4S. The van der Waals surface area contributed by atoms with Gasteiger partial charge >= 0.3 is 5.97 Å². The predicted molar refractivity (Wildman–Crippen MR) is 76.0 cm³/mol. The Balaban J connectivity index is 2.16. The summed E-state index contributed by atoms with van der Waals surface area (Å²) in [7, 11) is -3.69. The summed E-state index contributed by atoms with van der Waals surface area (Å²) in [6, 6.07) is 3.81. The van der Waals surface area contributed by atoms with Crippen molar-refractivity contribution in [2.75, 3.05) is 13.1 Å². The second-order valence-electron chi connectivity index (χ2n) is 5.45. The minimum Gasteiger partial charge on any atom is -0.481 e. The molecule has 21 heavy (non-hydrogen) atoms. The summed E-state index contributed by atoms with van der Waals surface area (Å²) in [6.07, 6.45) is 0.260. The molecule has 0 radical (unpaired) electrons. The maximum Gasteiger partial charge on any atom is 0.310 e. The van der Waals surface area contributed by atoms with Crippen LogP contribution in [0.15, 0.2) is 18.2 Å². The van der Waals surface area contributed by atoms with Crippen molar-refractivity contribution in [3.8, 4) is 0 Å². The molecule has 1 aliphatic rings. The summed E-state index contributed by atoms with van der Waals surface area (Å²) < 4.78 is 39.1. The highest BCUT2D eigenvalue weighted by molar-refractivity contribution is 7.88. The number of nitrogens with zero attached hydrogens (tertiary/aromatic N) is 1. The van der Waals surface area contributed by atoms with E-state index in [0.717, 1.165) is 10.4 Å². The number of rotatable bonds is 4. The molecule has 116 valence electrons. The van der Waals surface area contributed by atoms with Gasteiger partial charge in [-0.3, -0.25) is 4.79 Å². The molecule has 0 bridgehead atoms. The zero-order valence-electron chi connectivity index (χ0n) is 11.3. The van der Waals surface area contributed by atoms with Crippen molar-refractivity contribution in [3.05, 3.63) is 34.6 Å². The van der Waals surface area contributed by atoms with Crippen LogP contribution in [-0.2, 0) is 20.6 Å². The Bertz CT molecular complexity index is 679. The van der Waals surface area contributed by atoms with E-state index in [1.165, 1.54) is 19.1 Å². The van der Waals surface area contributed by atoms with Gasteiger partial charge in [0, 0.05) is 13.1 Å². The lowest BCUT2D eigenvalue weighted by atomic mass is 9.90. The van der Waals surface area contributed by atoms with E-state index in [1.807, 2.05) is 0 Å². The van der Waals surface area contributed by atoms with E-state index in [-0.39, 0.29) is 35.8 Å². The smallest absolute Gasteiger partial charge is 0.310 e. The van der Waals surface area contributed by atoms with E-state index in [0.29, 0.717) is 0 Å². The molecule has 2 rings (SSSR count). The summed E-state index contributed by atoms with van der Waals surface area (Å²) >= 11 is 5.55. The first-order valence-electron chi connectivity index (χ1n) is 6.29. The molecule has 1 aromatic carbocycles. The number of halogens is 2. The first kappa shape index (κ1) is 16.2. The maximum absolute atomic E-state index is 13.3. The van der Waals surface area contributed by atoms with Gasteiger partial charge in [0.2, 0.25) is 10.0 Å². The number of hydrogen-bond acceptors (Lipinski definition) is 3. The van der Waals surface area contributed by atoms with Gasteiger partial charge in [-0.25, -0.2) is 17.1 Å². The molecule has 1 saturated heterocycles. The standard InChI is InChI=1S/C13H15ClFNO4S/c1-13(12(17)18)4-5-16(8-13)21(19,20)7-9-2-3-10(14)11(15)6-9/h2-3,6H,4-5,7-8H2,1H3,(H,17,18). The Morgan fingerprint density at radius 1 is 1.52 bits per heavy atom. The van der Waals surface area contributed by atoms with Crippen LogP contribution in [0.3, 0.4) is 0 Å². The van der Waals surface area contributed by atoms with Crippen molar-refractivity contribution in [1.29, 1.82) is 0 Å². The highest BCUT2D eigenvalue weighted by Crippen LogP contribution is 2.32. The molecule has 0 saturated carbocycles. The molecule has 0 spiro atoms. The normalized spacial score (nSPS) is 23.4. The van der Waals surface area contributed by atoms with E-state index >= 15 is 0 Å². The van der Waals surface area contributed by atoms with Gasteiger partial charge in [0.15, 0.2) is 0 Å². The number of sulfonamides is 1. The van der Waals surface area contributed by atoms with E-state index < -0.39 is 27.2 Å². The molecule has 0 amide bonds. The third kappa shape index (κ3) is 3.36. The van der Waals surface area contributed by atoms with Crippen LogP contribution in [0.5, 0.6) is 0 Å². The molecule has 1 N–H and O–H groups in total. The Labute approximate surface area is 127 Å². The van der Waals surface area contributed by atoms with Gasteiger partial charge in [-0.2, -0.15) is 0 Å². The molecule has 1 aromatic rings. The quantitative estimate of drug-likeness (QED) is 0.914. The van der Waals surface area contributed by atoms with Gasteiger partial charge in [0.05, 0.1) is 16.2 Å². The van der Waals surface area contributed by atoms with E-state index in [9.17, 15) is 17.6 Å². The van der Waals surface area contributed by atoms with Gasteiger partial charge in [-0.1, -0.05) is 17.7 Å². The topological polar surface area (TPSA) is 74.7 Å². The first-order chi connectivity index (χ1) is 9.64. The van der Waals surface area contributed by atoms with Crippen molar-refractivity contribution >= 4 is 27.6 Å². The van der Waals surface area contributed by atoms with E-state index in [1.54, 1.807) is 0 Å². The lowest BCUT2D eigenvalue weighted by Gasteiger charge is -2.20. The summed E-state index contributed by atoms with van der Waals surface area (Å²) in [6.45, 7) is 1.61. The maximum atomic E-state index is 13.3. The minimum absolute atomic E-state index is 0.0687. The van der Waals surface area contributed by atoms with E-state index in [4.69, 9.17) is 16.7 Å². The SMILES string of the molecule is CC1(C(=O)O)CCN(S(=O)(=O)Cc2ccc(Cl)c(F)c2)C1. The lowest BCUT2D eigenvalue weighted by molar-refractivity contribution is -0.146. The zero-order chi connectivity index (χ0) is 15.8. The monoisotopic (exact) mass is 335 g/mol. The van der Waals surface area contributed by atoms with Crippen molar-refractivity contribution in [3.63, 3.8) is 0 Å². The van der Waals surface area contributed by atoms with Crippen LogP contribution >= 0.6 is 11.6 Å². The fraction of sp³-hybridized carbons (Fsp3) is 0.462. The second kappa shape index (κ2) is 5.55. The molecular weight excluding hydrogens is 321 g/mol. The third-order valence-electron chi connectivity index (χ3n) is 3.68. The van der Waals surface area contributed by atoms with Crippen LogP contribution < -0.4 is 0 Å². The molecule has 5 nitrogen and oxygen atoms in total. The number of aliphatic carboxylic acids is 1. The molecule has 0 aliphatic carbocycles. The molecule has 1 aliphatic heterocycles. The average Bonchev–Trinajstić information content (AvgIpc) is 2.79. The predicted octanol–water partition coefficient (Wildman–Crippen LogP) is 2.11. The van der Waals surface area contributed by atoms with Gasteiger partial charge in [0.25, 0.3) is 0 Å². The van der Waals surface area contributed by atoms with Gasteiger partial charge < -0.3 is 5.11 Å². The van der Waals surface area contributed by atoms with Crippen LogP contribution in [-0.4, -0.2) is 36.9 Å². The third-order valence-corrected chi connectivity index (χ3v) is 5.78. The van der Waals surface area contributed by atoms with Crippen molar-refractivity contribution in [1.82, 2.24) is 4.31 Å². The fourth-order valence-corrected chi connectivity index (χ4v) is 4.01. The Kier molecular flexibility index (Phi) is 4.28. The largest absolute Gasteiger partial charge is 0.481 e. The number of carbonyl (C=O) groups is 1. The number of hydrogen-bond donors (Lipinski definition) is 1. The molecule has 0 aromatic heterocycles. The van der Waals surface area contributed by atoms with Crippen LogP contribution in [0, 0.1) is 11.2 Å². The summed E-state index contributed by atoms with van der Waals surface area (Å²) in [4.78, 5) is 11.2. The fourth-order valence-electron chi connectivity index (χ4n) is 2.26. The molecule has 1 unspecified atom stereocenters. The number of carboxylic acid groups (broad SMARTS) is 1. The molecule has 1 heterocycles. The average molecular weight is 336 g/mol. The van der Waals surface area contributed by atoms with Crippen LogP contribution in [0.4, 0.5) is 4.39 Å². The van der Waals surface area contributed by atoms with Gasteiger partial charge in [0.1, 0.15) is 5.82 Å². The zero-order valence-corrected chi connectivity index (χ0v) is 12.9. The molecule has 1 fully saturated rings. The highest BCUT2D eigenvalue weighted by Gasteiger charge is 2.44. The molecule has 1 atom stereocenters. The van der Waals surface area contributed by atoms with Crippen molar-refractivity contribution < 1.29 is 22.7 Å². The van der Waals surface area contributed by atoms with Crippen molar-refractivity contribution in [2.24, 2.45) is 5.41 Å². The highest BCUT2D eigenvalue weighted by atomic mass is 35.5. The second-order valence-corrected chi connectivity index (χ2v) is 7.83.